The number of hydrogen-bond acceptors (Lipinski definition) is 8. The van der Waals surface area contributed by atoms with Gasteiger partial charge in [0.1, 0.15) is 18.5 Å². The van der Waals surface area contributed by atoms with Crippen LogP contribution in [0.4, 0.5) is 16.6 Å². The maximum Gasteiger partial charge on any atom is 0.416 e. The van der Waals surface area contributed by atoms with E-state index in [1.54, 1.807) is 17.2 Å². The molecule has 9 heteroatoms. The molecule has 0 unspecified atom stereocenters. The molecule has 1 N–H and O–H groups in total. The molecule has 4 heterocycles. The predicted octanol–water partition coefficient (Wildman–Crippen LogP) is 5.93. The molecule has 9 nitrogen and oxygen atoms in total. The Bertz CT molecular complexity index is 1270. The fraction of sp³-hybridized carbons (Fsp3) is 0.483. The molecule has 1 aliphatic rings. The van der Waals surface area contributed by atoms with Crippen LogP contribution in [0, 0.1) is 0 Å². The smallest absolute Gasteiger partial charge is 0.416 e. The summed E-state index contributed by atoms with van der Waals surface area (Å²) >= 11 is 0. The molecular weight excluding hydrogens is 480 g/mol. The summed E-state index contributed by atoms with van der Waals surface area (Å²) in [6.07, 6.45) is 4.65. The quantitative estimate of drug-likeness (QED) is 0.410. The third-order valence-corrected chi connectivity index (χ3v) is 6.31. The van der Waals surface area contributed by atoms with Gasteiger partial charge in [-0.15, -0.1) is 0 Å². The Labute approximate surface area is 225 Å². The molecule has 3 aromatic rings. The van der Waals surface area contributed by atoms with Gasteiger partial charge in [-0.1, -0.05) is 26.8 Å². The largest absolute Gasteiger partial charge is 0.447 e. The van der Waals surface area contributed by atoms with E-state index in [4.69, 9.17) is 9.47 Å². The normalized spacial score (nSPS) is 17.7. The van der Waals surface area contributed by atoms with Crippen molar-refractivity contribution >= 4 is 17.9 Å². The molecule has 3 atom stereocenters. The van der Waals surface area contributed by atoms with Crippen LogP contribution in [0.25, 0.3) is 11.1 Å². The van der Waals surface area contributed by atoms with Gasteiger partial charge in [0.05, 0.1) is 23.4 Å². The molecule has 0 spiro atoms. The minimum atomic E-state index is -0.444. The molecular formula is C29H38N6O3. The highest BCUT2D eigenvalue weighted by Gasteiger charge is 2.40. The first-order valence-corrected chi connectivity index (χ1v) is 13.0. The van der Waals surface area contributed by atoms with Crippen molar-refractivity contribution < 1.29 is 14.3 Å². The molecule has 38 heavy (non-hydrogen) atoms. The summed E-state index contributed by atoms with van der Waals surface area (Å²) in [4.78, 5) is 32.3. The van der Waals surface area contributed by atoms with Crippen molar-refractivity contribution in [3.8, 4) is 11.1 Å². The summed E-state index contributed by atoms with van der Waals surface area (Å²) in [7, 11) is 0. The average Bonchev–Trinajstić information content (AvgIpc) is 3.24. The van der Waals surface area contributed by atoms with E-state index in [1.165, 1.54) is 0 Å². The lowest BCUT2D eigenvalue weighted by Gasteiger charge is -2.31. The first kappa shape index (κ1) is 27.4. The zero-order chi connectivity index (χ0) is 27.7. The van der Waals surface area contributed by atoms with Gasteiger partial charge in [-0.2, -0.15) is 4.98 Å². The summed E-state index contributed by atoms with van der Waals surface area (Å²) in [6, 6.07) is 9.41. The van der Waals surface area contributed by atoms with Crippen molar-refractivity contribution in [1.29, 1.82) is 0 Å². The molecule has 0 saturated carbocycles. The highest BCUT2D eigenvalue weighted by molar-refractivity contribution is 5.89. The lowest BCUT2D eigenvalue weighted by Crippen LogP contribution is -2.45. The van der Waals surface area contributed by atoms with Gasteiger partial charge in [0.15, 0.2) is 0 Å². The SMILES string of the molecule is C[C@H](Nc1nccc(N2C(=O)OC[C@@H]2[C@@H](C)OC(C)(C)C)n1)c1ccc(-c2ccnc(C(C)(C)C)c2)cn1. The Morgan fingerprint density at radius 3 is 2.39 bits per heavy atom. The topological polar surface area (TPSA) is 102 Å². The molecule has 3 aromatic heterocycles. The third-order valence-electron chi connectivity index (χ3n) is 6.31. The fourth-order valence-corrected chi connectivity index (χ4v) is 4.35. The van der Waals surface area contributed by atoms with Gasteiger partial charge in [-0.05, 0) is 64.4 Å². The van der Waals surface area contributed by atoms with E-state index in [0.29, 0.717) is 11.8 Å². The second-order valence-corrected chi connectivity index (χ2v) is 11.7. The highest BCUT2D eigenvalue weighted by atomic mass is 16.6. The summed E-state index contributed by atoms with van der Waals surface area (Å²) in [5.41, 5.74) is 3.61. The Hall–Kier alpha value is -3.59. The number of nitrogens with zero attached hydrogens (tertiary/aromatic N) is 5. The van der Waals surface area contributed by atoms with Gasteiger partial charge < -0.3 is 14.8 Å². The first-order chi connectivity index (χ1) is 17.8. The third kappa shape index (κ3) is 6.45. The van der Waals surface area contributed by atoms with Crippen LogP contribution in [0.15, 0.2) is 48.9 Å². The van der Waals surface area contributed by atoms with Crippen LogP contribution in [-0.4, -0.2) is 50.4 Å². The Morgan fingerprint density at radius 2 is 1.74 bits per heavy atom. The number of nitrogens with one attached hydrogen (secondary N) is 1. The van der Waals surface area contributed by atoms with Gasteiger partial charge >= 0.3 is 6.09 Å². The maximum atomic E-state index is 12.6. The van der Waals surface area contributed by atoms with E-state index in [2.05, 4.69) is 58.2 Å². The molecule has 4 rings (SSSR count). The number of pyridine rings is 2. The van der Waals surface area contributed by atoms with E-state index in [9.17, 15) is 4.79 Å². The van der Waals surface area contributed by atoms with Crippen LogP contribution in [0.5, 0.6) is 0 Å². The molecule has 202 valence electrons. The van der Waals surface area contributed by atoms with Crippen molar-refractivity contribution in [3.63, 3.8) is 0 Å². The van der Waals surface area contributed by atoms with Gasteiger partial charge in [0, 0.05) is 35.3 Å². The molecule has 0 aromatic carbocycles. The highest BCUT2D eigenvalue weighted by Crippen LogP contribution is 2.28. The summed E-state index contributed by atoms with van der Waals surface area (Å²) in [5, 5.41) is 3.30. The zero-order valence-electron chi connectivity index (χ0n) is 23.5. The Kier molecular flexibility index (Phi) is 7.69. The average molecular weight is 519 g/mol. The second kappa shape index (κ2) is 10.6. The first-order valence-electron chi connectivity index (χ1n) is 13.0. The van der Waals surface area contributed by atoms with Crippen molar-refractivity contribution in [3.05, 3.63) is 60.3 Å². The summed E-state index contributed by atoms with van der Waals surface area (Å²) in [5.74, 6) is 0.856. The van der Waals surface area contributed by atoms with Gasteiger partial charge in [-0.25, -0.2) is 9.78 Å². The minimum absolute atomic E-state index is 0.0279. The molecule has 1 amide bonds. The number of rotatable bonds is 7. The van der Waals surface area contributed by atoms with E-state index >= 15 is 0 Å². The monoisotopic (exact) mass is 518 g/mol. The van der Waals surface area contributed by atoms with Crippen LogP contribution < -0.4 is 10.2 Å². The minimum Gasteiger partial charge on any atom is -0.447 e. The molecule has 0 aliphatic carbocycles. The summed E-state index contributed by atoms with van der Waals surface area (Å²) < 4.78 is 11.4. The van der Waals surface area contributed by atoms with Crippen molar-refractivity contribution in [2.24, 2.45) is 0 Å². The second-order valence-electron chi connectivity index (χ2n) is 11.7. The Morgan fingerprint density at radius 1 is 1.00 bits per heavy atom. The van der Waals surface area contributed by atoms with E-state index in [-0.39, 0.29) is 35.8 Å². The fourth-order valence-electron chi connectivity index (χ4n) is 4.35. The van der Waals surface area contributed by atoms with Gasteiger partial charge in [-0.3, -0.25) is 14.9 Å². The van der Waals surface area contributed by atoms with Crippen molar-refractivity contribution in [1.82, 2.24) is 19.9 Å². The number of hydrogen-bond donors (Lipinski definition) is 1. The molecule has 1 fully saturated rings. The van der Waals surface area contributed by atoms with Gasteiger partial charge in [0.25, 0.3) is 0 Å². The van der Waals surface area contributed by atoms with Crippen LogP contribution in [-0.2, 0) is 14.9 Å². The maximum absolute atomic E-state index is 12.6. The van der Waals surface area contributed by atoms with Crippen LogP contribution in [0.3, 0.4) is 0 Å². The van der Waals surface area contributed by atoms with Gasteiger partial charge in [0.2, 0.25) is 5.95 Å². The number of anilines is 2. The predicted molar refractivity (Wildman–Crippen MR) is 148 cm³/mol. The van der Waals surface area contributed by atoms with Crippen molar-refractivity contribution in [2.45, 2.75) is 84.6 Å². The zero-order valence-corrected chi connectivity index (χ0v) is 23.5. The van der Waals surface area contributed by atoms with E-state index < -0.39 is 6.09 Å². The van der Waals surface area contributed by atoms with Crippen LogP contribution in [0.2, 0.25) is 0 Å². The molecule has 1 saturated heterocycles. The van der Waals surface area contributed by atoms with Crippen LogP contribution >= 0.6 is 0 Å². The molecule has 0 bridgehead atoms. The standard InChI is InChI=1S/C29H38N6O3/c1-18(22-10-9-21(16-32-22)20-11-13-30-24(15-20)28(3,4)5)33-26-31-14-12-25(34-26)35-23(17-37-27(35)36)19(2)38-29(6,7)8/h9-16,18-19,23H,17H2,1-8H3,(H,31,33,34)/t18-,19+,23+/m0/s1. The number of carbonyl (C=O) groups is 1. The molecule has 1 aliphatic heterocycles. The van der Waals surface area contributed by atoms with Crippen LogP contribution in [0.1, 0.15) is 72.8 Å². The lowest BCUT2D eigenvalue weighted by molar-refractivity contribution is -0.0618. The van der Waals surface area contributed by atoms with E-state index in [1.807, 2.05) is 59.1 Å². The summed E-state index contributed by atoms with van der Waals surface area (Å²) in [6.45, 7) is 16.6. The number of aromatic nitrogens is 4. The number of amides is 1. The van der Waals surface area contributed by atoms with Crippen molar-refractivity contribution in [2.75, 3.05) is 16.8 Å². The lowest BCUT2D eigenvalue weighted by atomic mass is 9.90. The Balaban J connectivity index is 1.48. The van der Waals surface area contributed by atoms with E-state index in [0.717, 1.165) is 22.5 Å². The number of carbonyl (C=O) groups excluding carboxylic acids is 1. The number of cyclic esters (lactones) is 1. The molecule has 0 radical (unpaired) electrons. The number of ether oxygens (including phenoxy) is 2.